The molecule has 0 fully saturated rings. The molecular weight excluding hydrogens is 348 g/mol. The second-order valence-corrected chi connectivity index (χ2v) is 5.48. The van der Waals surface area contributed by atoms with Crippen molar-refractivity contribution in [3.63, 3.8) is 0 Å². The fourth-order valence-corrected chi connectivity index (χ4v) is 2.39. The molecule has 2 amide bonds. The lowest BCUT2D eigenvalue weighted by molar-refractivity contribution is 0.0846. The number of amides is 2. The lowest BCUT2D eigenvalue weighted by Gasteiger charge is -2.09. The third-order valence-electron chi connectivity index (χ3n) is 2.98. The number of carbonyl (C=O) groups excluding carboxylic acids is 2. The summed E-state index contributed by atoms with van der Waals surface area (Å²) < 4.78 is 5.76. The molecule has 2 N–H and O–H groups in total. The number of hydrogen-bond acceptors (Lipinski definition) is 3. The molecule has 0 saturated heterocycles. The Kier molecular flexibility index (Phi) is 5.16. The zero-order valence-corrected chi connectivity index (χ0v) is 13.7. The van der Waals surface area contributed by atoms with Gasteiger partial charge in [-0.2, -0.15) is 0 Å². The maximum atomic E-state index is 12.0. The van der Waals surface area contributed by atoms with Gasteiger partial charge in [-0.15, -0.1) is 0 Å². The minimum Gasteiger partial charge on any atom is -0.496 e. The molecule has 2 aromatic rings. The molecule has 0 atom stereocenters. The van der Waals surface area contributed by atoms with Crippen molar-refractivity contribution >= 4 is 27.7 Å². The molecule has 0 radical (unpaired) electrons. The molecule has 0 aromatic heterocycles. The van der Waals surface area contributed by atoms with E-state index in [1.165, 1.54) is 0 Å². The van der Waals surface area contributed by atoms with Gasteiger partial charge in [-0.1, -0.05) is 17.7 Å². The highest BCUT2D eigenvalue weighted by Gasteiger charge is 2.11. The topological polar surface area (TPSA) is 67.4 Å². The number of ether oxygens (including phenoxy) is 1. The largest absolute Gasteiger partial charge is 0.496 e. The average molecular weight is 363 g/mol. The van der Waals surface area contributed by atoms with E-state index in [-0.39, 0.29) is 5.91 Å². The first-order chi connectivity index (χ1) is 10.5. The molecule has 5 nitrogen and oxygen atoms in total. The second-order valence-electron chi connectivity index (χ2n) is 4.63. The summed E-state index contributed by atoms with van der Waals surface area (Å²) in [6.45, 7) is 1.89. The number of hydrogen-bond donors (Lipinski definition) is 2. The third-order valence-corrected chi connectivity index (χ3v) is 3.60. The fraction of sp³-hybridized carbons (Fsp3) is 0.125. The van der Waals surface area contributed by atoms with Gasteiger partial charge < -0.3 is 4.74 Å². The number of hydrazine groups is 1. The monoisotopic (exact) mass is 362 g/mol. The highest BCUT2D eigenvalue weighted by Crippen LogP contribution is 2.25. The van der Waals surface area contributed by atoms with Gasteiger partial charge in [0, 0.05) is 11.1 Å². The van der Waals surface area contributed by atoms with Crippen molar-refractivity contribution in [1.82, 2.24) is 10.9 Å². The second kappa shape index (κ2) is 7.09. The van der Waals surface area contributed by atoms with E-state index in [0.29, 0.717) is 21.3 Å². The van der Waals surface area contributed by atoms with Crippen LogP contribution in [0, 0.1) is 6.92 Å². The maximum Gasteiger partial charge on any atom is 0.269 e. The Morgan fingerprint density at radius 1 is 1.00 bits per heavy atom. The first kappa shape index (κ1) is 16.0. The van der Waals surface area contributed by atoms with Crippen molar-refractivity contribution in [1.29, 1.82) is 0 Å². The molecule has 0 aliphatic carbocycles. The molecule has 0 bridgehead atoms. The van der Waals surface area contributed by atoms with Crippen molar-refractivity contribution in [2.45, 2.75) is 6.92 Å². The average Bonchev–Trinajstić information content (AvgIpc) is 2.52. The molecule has 2 rings (SSSR count). The van der Waals surface area contributed by atoms with Crippen LogP contribution in [0.5, 0.6) is 5.75 Å². The van der Waals surface area contributed by atoms with Crippen LogP contribution in [-0.2, 0) is 0 Å². The summed E-state index contributed by atoms with van der Waals surface area (Å²) in [5, 5.41) is 0. The van der Waals surface area contributed by atoms with E-state index < -0.39 is 5.91 Å². The molecule has 0 unspecified atom stereocenters. The first-order valence-corrected chi connectivity index (χ1v) is 7.31. The van der Waals surface area contributed by atoms with E-state index in [4.69, 9.17) is 4.74 Å². The van der Waals surface area contributed by atoms with E-state index in [9.17, 15) is 9.59 Å². The Morgan fingerprint density at radius 2 is 1.64 bits per heavy atom. The third kappa shape index (κ3) is 3.85. The molecule has 0 saturated carbocycles. The van der Waals surface area contributed by atoms with Crippen molar-refractivity contribution in [3.05, 3.63) is 63.6 Å². The Labute approximate surface area is 136 Å². The molecule has 6 heteroatoms. The predicted molar refractivity (Wildman–Crippen MR) is 86.8 cm³/mol. The molecule has 114 valence electrons. The van der Waals surface area contributed by atoms with Crippen molar-refractivity contribution < 1.29 is 14.3 Å². The van der Waals surface area contributed by atoms with E-state index in [1.54, 1.807) is 43.5 Å². The van der Waals surface area contributed by atoms with Crippen molar-refractivity contribution in [2.75, 3.05) is 7.11 Å². The summed E-state index contributed by atoms with van der Waals surface area (Å²) in [6, 6.07) is 12.0. The highest BCUT2D eigenvalue weighted by atomic mass is 79.9. The van der Waals surface area contributed by atoms with Gasteiger partial charge in [0.25, 0.3) is 11.8 Å². The van der Waals surface area contributed by atoms with Crippen molar-refractivity contribution in [3.8, 4) is 5.75 Å². The van der Waals surface area contributed by atoms with E-state index >= 15 is 0 Å². The SMILES string of the molecule is COc1ccc(C(=O)NNC(=O)c2cccc(C)c2)cc1Br. The van der Waals surface area contributed by atoms with Crippen LogP contribution >= 0.6 is 15.9 Å². The molecule has 0 heterocycles. The Hall–Kier alpha value is -2.34. The highest BCUT2D eigenvalue weighted by molar-refractivity contribution is 9.10. The summed E-state index contributed by atoms with van der Waals surface area (Å²) in [5.74, 6) is -0.158. The molecule has 2 aromatic carbocycles. The zero-order valence-electron chi connectivity index (χ0n) is 12.1. The summed E-state index contributed by atoms with van der Waals surface area (Å²) in [6.07, 6.45) is 0. The summed E-state index contributed by atoms with van der Waals surface area (Å²) in [5.41, 5.74) is 6.62. The molecular formula is C16H15BrN2O3. The standard InChI is InChI=1S/C16H15BrN2O3/c1-10-4-3-5-11(8-10)15(20)18-19-16(21)12-6-7-14(22-2)13(17)9-12/h3-9H,1-2H3,(H,18,20)(H,19,21). The predicted octanol–water partition coefficient (Wildman–Crippen LogP) is 2.84. The molecule has 22 heavy (non-hydrogen) atoms. The van der Waals surface area contributed by atoms with Crippen LogP contribution in [0.4, 0.5) is 0 Å². The first-order valence-electron chi connectivity index (χ1n) is 6.52. The van der Waals surface area contributed by atoms with Crippen LogP contribution in [0.2, 0.25) is 0 Å². The van der Waals surface area contributed by atoms with Gasteiger partial charge in [-0.05, 0) is 53.2 Å². The normalized spacial score (nSPS) is 9.95. The van der Waals surface area contributed by atoms with Gasteiger partial charge in [-0.3, -0.25) is 20.4 Å². The summed E-state index contributed by atoms with van der Waals surface area (Å²) >= 11 is 3.31. The minimum atomic E-state index is -0.413. The Bertz CT molecular complexity index is 716. The van der Waals surface area contributed by atoms with Gasteiger partial charge in [0.2, 0.25) is 0 Å². The van der Waals surface area contributed by atoms with Crippen LogP contribution in [0.25, 0.3) is 0 Å². The van der Waals surface area contributed by atoms with Gasteiger partial charge in [0.15, 0.2) is 0 Å². The molecule has 0 spiro atoms. The van der Waals surface area contributed by atoms with Crippen LogP contribution in [0.3, 0.4) is 0 Å². The smallest absolute Gasteiger partial charge is 0.269 e. The summed E-state index contributed by atoms with van der Waals surface area (Å²) in [4.78, 5) is 24.0. The van der Waals surface area contributed by atoms with E-state index in [2.05, 4.69) is 26.8 Å². The minimum absolute atomic E-state index is 0.371. The van der Waals surface area contributed by atoms with Gasteiger partial charge in [-0.25, -0.2) is 0 Å². The van der Waals surface area contributed by atoms with Crippen molar-refractivity contribution in [2.24, 2.45) is 0 Å². The molecule has 0 aliphatic heterocycles. The fourth-order valence-electron chi connectivity index (χ4n) is 1.85. The zero-order chi connectivity index (χ0) is 16.1. The lowest BCUT2D eigenvalue weighted by atomic mass is 10.1. The van der Waals surface area contributed by atoms with Gasteiger partial charge >= 0.3 is 0 Å². The quantitative estimate of drug-likeness (QED) is 0.825. The van der Waals surface area contributed by atoms with E-state index in [0.717, 1.165) is 5.56 Å². The number of halogens is 1. The number of carbonyl (C=O) groups is 2. The number of methoxy groups -OCH3 is 1. The lowest BCUT2D eigenvalue weighted by Crippen LogP contribution is -2.41. The Morgan fingerprint density at radius 3 is 2.18 bits per heavy atom. The summed E-state index contributed by atoms with van der Waals surface area (Å²) in [7, 11) is 1.54. The number of aryl methyl sites for hydroxylation is 1. The maximum absolute atomic E-state index is 12.0. The number of benzene rings is 2. The van der Waals surface area contributed by atoms with Crippen LogP contribution in [0.15, 0.2) is 46.9 Å². The number of nitrogens with one attached hydrogen (secondary N) is 2. The van der Waals surface area contributed by atoms with Crippen LogP contribution < -0.4 is 15.6 Å². The van der Waals surface area contributed by atoms with Gasteiger partial charge in [0.05, 0.1) is 11.6 Å². The van der Waals surface area contributed by atoms with Crippen LogP contribution in [-0.4, -0.2) is 18.9 Å². The van der Waals surface area contributed by atoms with Crippen LogP contribution in [0.1, 0.15) is 26.3 Å². The van der Waals surface area contributed by atoms with E-state index in [1.807, 2.05) is 13.0 Å². The molecule has 0 aliphatic rings. The number of rotatable bonds is 3. The van der Waals surface area contributed by atoms with Gasteiger partial charge in [0.1, 0.15) is 5.75 Å². The Balaban J connectivity index is 2.00.